The van der Waals surface area contributed by atoms with E-state index in [1.165, 1.54) is 0 Å². The quantitative estimate of drug-likeness (QED) is 0.841. The van der Waals surface area contributed by atoms with Gasteiger partial charge in [0.25, 0.3) is 0 Å². The lowest BCUT2D eigenvalue weighted by Crippen LogP contribution is -2.47. The van der Waals surface area contributed by atoms with Crippen molar-refractivity contribution in [3.05, 3.63) is 34.9 Å². The maximum absolute atomic E-state index is 12.2. The Kier molecular flexibility index (Phi) is 7.23. The summed E-state index contributed by atoms with van der Waals surface area (Å²) in [6.07, 6.45) is 1.22. The fourth-order valence-corrected chi connectivity index (χ4v) is 2.19. The molecule has 0 heterocycles. The molecule has 0 aliphatic rings. The Labute approximate surface area is 131 Å². The van der Waals surface area contributed by atoms with Crippen molar-refractivity contribution in [2.75, 3.05) is 6.54 Å². The van der Waals surface area contributed by atoms with Gasteiger partial charge in [0.15, 0.2) is 0 Å². The Morgan fingerprint density at radius 2 is 1.95 bits per heavy atom. The number of amides is 2. The van der Waals surface area contributed by atoms with Crippen molar-refractivity contribution < 1.29 is 9.59 Å². The molecule has 1 atom stereocenters. The van der Waals surface area contributed by atoms with Crippen molar-refractivity contribution in [3.63, 3.8) is 0 Å². The summed E-state index contributed by atoms with van der Waals surface area (Å²) in [7, 11) is 0. The number of halogens is 1. The molecule has 0 radical (unpaired) electrons. The molecule has 0 saturated heterocycles. The number of nitrogens with one attached hydrogen (secondary N) is 1. The van der Waals surface area contributed by atoms with Crippen molar-refractivity contribution in [2.45, 2.75) is 46.2 Å². The van der Waals surface area contributed by atoms with E-state index in [0.29, 0.717) is 24.5 Å². The number of rotatable bonds is 7. The van der Waals surface area contributed by atoms with Crippen LogP contribution in [0, 0.1) is 0 Å². The van der Waals surface area contributed by atoms with Crippen LogP contribution >= 0.6 is 11.6 Å². The molecule has 0 unspecified atom stereocenters. The minimum Gasteiger partial charge on any atom is -0.354 e. The first-order chi connectivity index (χ1) is 10.0. The second-order valence-electron chi connectivity index (χ2n) is 4.93. The van der Waals surface area contributed by atoms with Crippen LogP contribution in [-0.4, -0.2) is 29.3 Å². The summed E-state index contributed by atoms with van der Waals surface area (Å²) in [6, 6.07) is 6.86. The number of benzene rings is 1. The average Bonchev–Trinajstić information content (AvgIpc) is 2.50. The zero-order valence-electron chi connectivity index (χ0n) is 12.9. The minimum atomic E-state index is -0.514. The van der Waals surface area contributed by atoms with Crippen molar-refractivity contribution in [1.29, 1.82) is 0 Å². The largest absolute Gasteiger partial charge is 0.354 e. The standard InChI is InChI=1S/C16H23ClN2O2/c1-4-10-18-16(21)12(3)19(15(20)5-2)11-13-8-6-7-9-14(13)17/h6-9,12H,4-5,10-11H2,1-3H3,(H,18,21)/t12-/m0/s1. The van der Waals surface area contributed by atoms with Crippen LogP contribution < -0.4 is 5.32 Å². The zero-order valence-corrected chi connectivity index (χ0v) is 13.6. The summed E-state index contributed by atoms with van der Waals surface area (Å²) in [6.45, 7) is 6.48. The predicted octanol–water partition coefficient (Wildman–Crippen LogP) is 2.99. The molecule has 0 bridgehead atoms. The van der Waals surface area contributed by atoms with Gasteiger partial charge in [-0.25, -0.2) is 0 Å². The first-order valence-corrected chi connectivity index (χ1v) is 7.69. The lowest BCUT2D eigenvalue weighted by molar-refractivity contribution is -0.140. The monoisotopic (exact) mass is 310 g/mol. The molecule has 0 spiro atoms. The highest BCUT2D eigenvalue weighted by molar-refractivity contribution is 6.31. The third-order valence-corrected chi connectivity index (χ3v) is 3.69. The van der Waals surface area contributed by atoms with Crippen LogP contribution in [0.15, 0.2) is 24.3 Å². The molecule has 5 heteroatoms. The van der Waals surface area contributed by atoms with Crippen LogP contribution in [0.25, 0.3) is 0 Å². The third kappa shape index (κ3) is 5.05. The topological polar surface area (TPSA) is 49.4 Å². The van der Waals surface area contributed by atoms with Gasteiger partial charge >= 0.3 is 0 Å². The van der Waals surface area contributed by atoms with Crippen LogP contribution in [0.2, 0.25) is 5.02 Å². The number of hydrogen-bond acceptors (Lipinski definition) is 2. The van der Waals surface area contributed by atoms with E-state index in [2.05, 4.69) is 5.32 Å². The first kappa shape index (κ1) is 17.5. The fraction of sp³-hybridized carbons (Fsp3) is 0.500. The average molecular weight is 311 g/mol. The van der Waals surface area contributed by atoms with E-state index in [9.17, 15) is 9.59 Å². The molecule has 0 aliphatic heterocycles. The molecule has 4 nitrogen and oxygen atoms in total. The molecule has 0 saturated carbocycles. The first-order valence-electron chi connectivity index (χ1n) is 7.31. The van der Waals surface area contributed by atoms with Crippen molar-refractivity contribution in [3.8, 4) is 0 Å². The van der Waals surface area contributed by atoms with Gasteiger partial charge in [-0.3, -0.25) is 9.59 Å². The molecule has 21 heavy (non-hydrogen) atoms. The smallest absolute Gasteiger partial charge is 0.242 e. The summed E-state index contributed by atoms with van der Waals surface area (Å²) in [5, 5.41) is 3.43. The molecular weight excluding hydrogens is 288 g/mol. The van der Waals surface area contributed by atoms with Gasteiger partial charge in [0.05, 0.1) is 0 Å². The SMILES string of the molecule is CCCNC(=O)[C@H](C)N(Cc1ccccc1Cl)C(=O)CC. The van der Waals surface area contributed by atoms with E-state index in [4.69, 9.17) is 11.6 Å². The van der Waals surface area contributed by atoms with Gasteiger partial charge in [0.1, 0.15) is 6.04 Å². The maximum Gasteiger partial charge on any atom is 0.242 e. The summed E-state index contributed by atoms with van der Waals surface area (Å²) in [5.41, 5.74) is 0.844. The van der Waals surface area contributed by atoms with Gasteiger partial charge in [0.2, 0.25) is 11.8 Å². The van der Waals surface area contributed by atoms with E-state index in [1.54, 1.807) is 24.8 Å². The van der Waals surface area contributed by atoms with Crippen LogP contribution in [0.4, 0.5) is 0 Å². The van der Waals surface area contributed by atoms with E-state index in [-0.39, 0.29) is 11.8 Å². The molecular formula is C16H23ClN2O2. The Morgan fingerprint density at radius 3 is 2.52 bits per heavy atom. The van der Waals surface area contributed by atoms with Crippen LogP contribution in [0.3, 0.4) is 0 Å². The molecule has 1 aromatic carbocycles. The number of hydrogen-bond donors (Lipinski definition) is 1. The molecule has 1 N–H and O–H groups in total. The number of carbonyl (C=O) groups is 2. The molecule has 1 aromatic rings. The Bertz CT molecular complexity index is 491. The second-order valence-corrected chi connectivity index (χ2v) is 5.34. The molecule has 1 rings (SSSR count). The molecule has 0 fully saturated rings. The number of nitrogens with zero attached hydrogens (tertiary/aromatic N) is 1. The summed E-state index contributed by atoms with van der Waals surface area (Å²) < 4.78 is 0. The van der Waals surface area contributed by atoms with E-state index >= 15 is 0 Å². The van der Waals surface area contributed by atoms with Gasteiger partial charge in [-0.15, -0.1) is 0 Å². The molecule has 116 valence electrons. The van der Waals surface area contributed by atoms with E-state index in [0.717, 1.165) is 12.0 Å². The van der Waals surface area contributed by atoms with Crippen molar-refractivity contribution in [2.24, 2.45) is 0 Å². The van der Waals surface area contributed by atoms with Crippen LogP contribution in [0.1, 0.15) is 39.2 Å². The second kappa shape index (κ2) is 8.67. The summed E-state index contributed by atoms with van der Waals surface area (Å²) in [4.78, 5) is 25.8. The Balaban J connectivity index is 2.88. The van der Waals surface area contributed by atoms with Gasteiger partial charge in [-0.1, -0.05) is 43.6 Å². The van der Waals surface area contributed by atoms with Crippen LogP contribution in [-0.2, 0) is 16.1 Å². The van der Waals surface area contributed by atoms with Crippen molar-refractivity contribution in [1.82, 2.24) is 10.2 Å². The fourth-order valence-electron chi connectivity index (χ4n) is 1.99. The van der Waals surface area contributed by atoms with Gasteiger partial charge in [0, 0.05) is 24.5 Å². The zero-order chi connectivity index (χ0) is 15.8. The molecule has 0 aliphatic carbocycles. The lowest BCUT2D eigenvalue weighted by atomic mass is 10.1. The summed E-state index contributed by atoms with van der Waals surface area (Å²) in [5.74, 6) is -0.195. The van der Waals surface area contributed by atoms with Gasteiger partial charge < -0.3 is 10.2 Å². The lowest BCUT2D eigenvalue weighted by Gasteiger charge is -2.28. The van der Waals surface area contributed by atoms with Crippen LogP contribution in [0.5, 0.6) is 0 Å². The Hall–Kier alpha value is -1.55. The highest BCUT2D eigenvalue weighted by atomic mass is 35.5. The normalized spacial score (nSPS) is 11.8. The maximum atomic E-state index is 12.2. The van der Waals surface area contributed by atoms with Crippen molar-refractivity contribution >= 4 is 23.4 Å². The third-order valence-electron chi connectivity index (χ3n) is 3.32. The molecule has 0 aromatic heterocycles. The van der Waals surface area contributed by atoms with E-state index in [1.807, 2.05) is 25.1 Å². The highest BCUT2D eigenvalue weighted by Crippen LogP contribution is 2.19. The van der Waals surface area contributed by atoms with Gasteiger partial charge in [-0.2, -0.15) is 0 Å². The van der Waals surface area contributed by atoms with E-state index < -0.39 is 6.04 Å². The number of carbonyl (C=O) groups excluding carboxylic acids is 2. The minimum absolute atomic E-state index is 0.0610. The molecule has 2 amide bonds. The summed E-state index contributed by atoms with van der Waals surface area (Å²) >= 11 is 6.15. The van der Waals surface area contributed by atoms with Gasteiger partial charge in [-0.05, 0) is 25.0 Å². The predicted molar refractivity (Wildman–Crippen MR) is 85.1 cm³/mol. The highest BCUT2D eigenvalue weighted by Gasteiger charge is 2.25. The Morgan fingerprint density at radius 1 is 1.29 bits per heavy atom.